The van der Waals surface area contributed by atoms with Crippen LogP contribution in [0.2, 0.25) is 0 Å². The minimum absolute atomic E-state index is 0.146. The van der Waals surface area contributed by atoms with Crippen molar-refractivity contribution in [2.24, 2.45) is 0 Å². The van der Waals surface area contributed by atoms with E-state index in [1.165, 1.54) is 0 Å². The van der Waals surface area contributed by atoms with Crippen LogP contribution in [-0.2, 0) is 4.79 Å². The fourth-order valence-corrected chi connectivity index (χ4v) is 2.72. The predicted octanol–water partition coefficient (Wildman–Crippen LogP) is 2.12. The van der Waals surface area contributed by atoms with Crippen molar-refractivity contribution in [2.75, 3.05) is 11.9 Å². The highest BCUT2D eigenvalue weighted by Crippen LogP contribution is 2.34. The van der Waals surface area contributed by atoms with Gasteiger partial charge in [0.2, 0.25) is 5.91 Å². The Labute approximate surface area is 133 Å². The Morgan fingerprint density at radius 2 is 2.09 bits per heavy atom. The summed E-state index contributed by atoms with van der Waals surface area (Å²) in [4.78, 5) is 31.2. The Bertz CT molecular complexity index is 809. The number of H-pyrrole nitrogens is 1. The van der Waals surface area contributed by atoms with E-state index in [0.29, 0.717) is 29.6 Å². The standard InChI is InChI=1S/C17H17N3O3/c1-3-8-23-12-6-4-11(5-7-12)13-9-14(21)20-16-15(13)17(22)19-10(2)18-16/h3-7,13H,1,8-9H2,2H3,(H2,18,19,20,21,22). The van der Waals surface area contributed by atoms with Crippen LogP contribution in [0.25, 0.3) is 0 Å². The van der Waals surface area contributed by atoms with E-state index in [-0.39, 0.29) is 23.8 Å². The third-order valence-corrected chi connectivity index (χ3v) is 3.72. The van der Waals surface area contributed by atoms with Crippen molar-refractivity contribution in [3.63, 3.8) is 0 Å². The molecule has 1 aromatic heterocycles. The number of anilines is 1. The summed E-state index contributed by atoms with van der Waals surface area (Å²) in [6.45, 7) is 5.71. The maximum absolute atomic E-state index is 12.3. The van der Waals surface area contributed by atoms with Gasteiger partial charge in [0.25, 0.3) is 5.56 Å². The van der Waals surface area contributed by atoms with Gasteiger partial charge in [-0.3, -0.25) is 9.59 Å². The van der Waals surface area contributed by atoms with Crippen LogP contribution in [0.3, 0.4) is 0 Å². The lowest BCUT2D eigenvalue weighted by atomic mass is 9.87. The van der Waals surface area contributed by atoms with E-state index in [1.807, 2.05) is 24.3 Å². The zero-order valence-corrected chi connectivity index (χ0v) is 12.8. The molecule has 1 aliphatic heterocycles. The summed E-state index contributed by atoms with van der Waals surface area (Å²) in [6, 6.07) is 7.37. The number of carbonyl (C=O) groups excluding carboxylic acids is 1. The lowest BCUT2D eigenvalue weighted by Crippen LogP contribution is -2.31. The maximum atomic E-state index is 12.3. The molecule has 0 saturated heterocycles. The minimum atomic E-state index is -0.316. The molecule has 3 rings (SSSR count). The Morgan fingerprint density at radius 1 is 1.35 bits per heavy atom. The molecule has 2 N–H and O–H groups in total. The molecule has 0 fully saturated rings. The van der Waals surface area contributed by atoms with Gasteiger partial charge in [-0.1, -0.05) is 24.8 Å². The fourth-order valence-electron chi connectivity index (χ4n) is 2.72. The van der Waals surface area contributed by atoms with Gasteiger partial charge in [-0.05, 0) is 24.6 Å². The Hall–Kier alpha value is -2.89. The van der Waals surface area contributed by atoms with Crippen LogP contribution in [-0.4, -0.2) is 22.5 Å². The average Bonchev–Trinajstić information content (AvgIpc) is 2.52. The number of rotatable bonds is 4. The van der Waals surface area contributed by atoms with Gasteiger partial charge in [0.1, 0.15) is 24.0 Å². The minimum Gasteiger partial charge on any atom is -0.490 e. The Kier molecular flexibility index (Phi) is 3.97. The molecule has 0 radical (unpaired) electrons. The van der Waals surface area contributed by atoms with Gasteiger partial charge in [0.05, 0.1) is 5.56 Å². The van der Waals surface area contributed by atoms with Gasteiger partial charge >= 0.3 is 0 Å². The second kappa shape index (κ2) is 6.08. The van der Waals surface area contributed by atoms with Crippen LogP contribution in [0.1, 0.15) is 29.3 Å². The summed E-state index contributed by atoms with van der Waals surface area (Å²) >= 11 is 0. The number of aromatic amines is 1. The first-order valence-electron chi connectivity index (χ1n) is 7.33. The van der Waals surface area contributed by atoms with E-state index in [2.05, 4.69) is 21.9 Å². The van der Waals surface area contributed by atoms with Crippen LogP contribution in [0.15, 0.2) is 41.7 Å². The molecular weight excluding hydrogens is 294 g/mol. The molecule has 1 atom stereocenters. The number of hydrogen-bond acceptors (Lipinski definition) is 4. The molecule has 6 heteroatoms. The van der Waals surface area contributed by atoms with Crippen LogP contribution in [0.5, 0.6) is 5.75 Å². The molecule has 1 aliphatic rings. The van der Waals surface area contributed by atoms with Crippen LogP contribution >= 0.6 is 0 Å². The summed E-state index contributed by atoms with van der Waals surface area (Å²) in [5.74, 6) is 1.07. The zero-order valence-electron chi connectivity index (χ0n) is 12.8. The highest BCUT2D eigenvalue weighted by atomic mass is 16.5. The summed E-state index contributed by atoms with van der Waals surface area (Å²) in [5, 5.41) is 2.67. The van der Waals surface area contributed by atoms with Crippen molar-refractivity contribution in [1.29, 1.82) is 0 Å². The molecule has 0 aliphatic carbocycles. The second-order valence-corrected chi connectivity index (χ2v) is 5.39. The zero-order chi connectivity index (χ0) is 16.4. The van der Waals surface area contributed by atoms with Crippen molar-refractivity contribution in [2.45, 2.75) is 19.3 Å². The SMILES string of the molecule is C=CCOc1ccc(C2CC(=O)Nc3nc(C)[nH]c(=O)c32)cc1. The first-order chi connectivity index (χ1) is 11.1. The summed E-state index contributed by atoms with van der Waals surface area (Å²) in [7, 11) is 0. The number of ether oxygens (including phenoxy) is 1. The molecule has 2 aromatic rings. The highest BCUT2D eigenvalue weighted by molar-refractivity contribution is 5.94. The van der Waals surface area contributed by atoms with E-state index in [0.717, 1.165) is 5.56 Å². The molecule has 0 saturated carbocycles. The monoisotopic (exact) mass is 311 g/mol. The van der Waals surface area contributed by atoms with Crippen LogP contribution in [0.4, 0.5) is 5.82 Å². The van der Waals surface area contributed by atoms with E-state index in [1.54, 1.807) is 13.0 Å². The van der Waals surface area contributed by atoms with Gasteiger partial charge in [-0.2, -0.15) is 0 Å². The molecular formula is C17H17N3O3. The molecule has 0 spiro atoms. The predicted molar refractivity (Wildman–Crippen MR) is 86.8 cm³/mol. The molecule has 1 aromatic carbocycles. The molecule has 1 unspecified atom stereocenters. The van der Waals surface area contributed by atoms with Crippen molar-refractivity contribution >= 4 is 11.7 Å². The van der Waals surface area contributed by atoms with E-state index in [4.69, 9.17) is 4.74 Å². The lowest BCUT2D eigenvalue weighted by molar-refractivity contribution is -0.116. The number of fused-ring (bicyclic) bond motifs is 1. The van der Waals surface area contributed by atoms with Crippen molar-refractivity contribution in [3.8, 4) is 5.75 Å². The lowest BCUT2D eigenvalue weighted by Gasteiger charge is -2.24. The van der Waals surface area contributed by atoms with E-state index in [9.17, 15) is 9.59 Å². The van der Waals surface area contributed by atoms with E-state index >= 15 is 0 Å². The van der Waals surface area contributed by atoms with Crippen molar-refractivity contribution in [1.82, 2.24) is 9.97 Å². The maximum Gasteiger partial charge on any atom is 0.256 e. The second-order valence-electron chi connectivity index (χ2n) is 5.39. The quantitative estimate of drug-likeness (QED) is 0.847. The highest BCUT2D eigenvalue weighted by Gasteiger charge is 2.30. The largest absolute Gasteiger partial charge is 0.490 e. The first-order valence-corrected chi connectivity index (χ1v) is 7.33. The number of hydrogen-bond donors (Lipinski definition) is 2. The Balaban J connectivity index is 1.99. The molecule has 2 heterocycles. The number of carbonyl (C=O) groups is 1. The van der Waals surface area contributed by atoms with E-state index < -0.39 is 0 Å². The summed E-state index contributed by atoms with van der Waals surface area (Å²) < 4.78 is 5.45. The number of amides is 1. The number of benzene rings is 1. The Morgan fingerprint density at radius 3 is 2.78 bits per heavy atom. The molecule has 0 bridgehead atoms. The van der Waals surface area contributed by atoms with Gasteiger partial charge < -0.3 is 15.0 Å². The molecule has 23 heavy (non-hydrogen) atoms. The first kappa shape index (κ1) is 15.0. The number of nitrogens with zero attached hydrogens (tertiary/aromatic N) is 1. The smallest absolute Gasteiger partial charge is 0.256 e. The van der Waals surface area contributed by atoms with Crippen LogP contribution < -0.4 is 15.6 Å². The summed E-state index contributed by atoms with van der Waals surface area (Å²) in [5.41, 5.74) is 1.16. The molecule has 1 amide bonds. The van der Waals surface area contributed by atoms with Gasteiger partial charge in [0.15, 0.2) is 0 Å². The van der Waals surface area contributed by atoms with Gasteiger partial charge in [-0.25, -0.2) is 4.98 Å². The van der Waals surface area contributed by atoms with Crippen molar-refractivity contribution < 1.29 is 9.53 Å². The van der Waals surface area contributed by atoms with Gasteiger partial charge in [0, 0.05) is 12.3 Å². The number of nitrogens with one attached hydrogen (secondary N) is 2. The topological polar surface area (TPSA) is 84.1 Å². The fraction of sp³-hybridized carbons (Fsp3) is 0.235. The van der Waals surface area contributed by atoms with Crippen molar-refractivity contribution in [3.05, 3.63) is 64.2 Å². The number of aryl methyl sites for hydroxylation is 1. The normalized spacial score (nSPS) is 16.4. The average molecular weight is 311 g/mol. The third kappa shape index (κ3) is 3.01. The third-order valence-electron chi connectivity index (χ3n) is 3.72. The van der Waals surface area contributed by atoms with Gasteiger partial charge in [-0.15, -0.1) is 0 Å². The molecule has 6 nitrogen and oxygen atoms in total. The van der Waals surface area contributed by atoms with Crippen LogP contribution in [0, 0.1) is 6.92 Å². The summed E-state index contributed by atoms with van der Waals surface area (Å²) in [6.07, 6.45) is 1.89. The number of aromatic nitrogens is 2. The molecule has 118 valence electrons.